The molecule has 0 spiro atoms. The Morgan fingerprint density at radius 1 is 1.47 bits per heavy atom. The molecule has 80 valence electrons. The molecule has 1 aromatic rings. The van der Waals surface area contributed by atoms with Gasteiger partial charge in [-0.1, -0.05) is 18.5 Å². The van der Waals surface area contributed by atoms with Crippen LogP contribution in [-0.2, 0) is 0 Å². The summed E-state index contributed by atoms with van der Waals surface area (Å²) in [6.07, 6.45) is 0.673. The van der Waals surface area contributed by atoms with E-state index in [1.54, 1.807) is 24.3 Å². The molecule has 1 atom stereocenters. The van der Waals surface area contributed by atoms with E-state index >= 15 is 0 Å². The number of benzene rings is 1. The smallest absolute Gasteiger partial charge is 0.127 e. The van der Waals surface area contributed by atoms with Crippen LogP contribution in [0.3, 0.4) is 0 Å². The van der Waals surface area contributed by atoms with E-state index < -0.39 is 0 Å². The van der Waals surface area contributed by atoms with Crippen molar-refractivity contribution < 1.29 is 0 Å². The lowest BCUT2D eigenvalue weighted by Gasteiger charge is -2.04. The van der Waals surface area contributed by atoms with Gasteiger partial charge in [0.1, 0.15) is 11.9 Å². The quantitative estimate of drug-likeness (QED) is 0.460. The van der Waals surface area contributed by atoms with Gasteiger partial charge in [-0.3, -0.25) is 5.41 Å². The van der Waals surface area contributed by atoms with Crippen molar-refractivity contribution in [1.82, 2.24) is 0 Å². The molecule has 1 unspecified atom stereocenters. The van der Waals surface area contributed by atoms with Crippen LogP contribution in [-0.4, -0.2) is 11.9 Å². The summed E-state index contributed by atoms with van der Waals surface area (Å²) in [5.41, 5.74) is 6.05. The van der Waals surface area contributed by atoms with Crippen molar-refractivity contribution >= 4 is 23.1 Å². The third kappa shape index (κ3) is 3.67. The molecule has 1 aromatic carbocycles. The molecule has 0 aliphatic carbocycles. The Morgan fingerprint density at radius 2 is 2.07 bits per heavy atom. The summed E-state index contributed by atoms with van der Waals surface area (Å²) >= 11 is 5.73. The number of rotatable bonds is 4. The van der Waals surface area contributed by atoms with Crippen molar-refractivity contribution in [1.29, 1.82) is 5.41 Å². The molecule has 0 amide bonds. The minimum absolute atomic E-state index is 0.0372. The zero-order valence-electron chi connectivity index (χ0n) is 8.44. The largest absolute Gasteiger partial charge is 0.386 e. The van der Waals surface area contributed by atoms with E-state index in [0.29, 0.717) is 17.1 Å². The van der Waals surface area contributed by atoms with Gasteiger partial charge < -0.3 is 5.73 Å². The second-order valence-corrected chi connectivity index (χ2v) is 3.51. The van der Waals surface area contributed by atoms with E-state index in [9.17, 15) is 0 Å². The summed E-state index contributed by atoms with van der Waals surface area (Å²) in [5, 5.41) is 15.9. The number of halogens is 1. The van der Waals surface area contributed by atoms with Crippen LogP contribution in [0.15, 0.2) is 34.5 Å². The summed E-state index contributed by atoms with van der Waals surface area (Å²) < 4.78 is 0. The van der Waals surface area contributed by atoms with Crippen LogP contribution in [0.5, 0.6) is 0 Å². The van der Waals surface area contributed by atoms with Crippen molar-refractivity contribution in [3.8, 4) is 0 Å². The highest BCUT2D eigenvalue weighted by Crippen LogP contribution is 2.17. The minimum atomic E-state index is -0.333. The van der Waals surface area contributed by atoms with E-state index in [4.69, 9.17) is 22.7 Å². The molecule has 0 radical (unpaired) electrons. The van der Waals surface area contributed by atoms with Gasteiger partial charge in [-0.2, -0.15) is 10.2 Å². The average Bonchev–Trinajstić information content (AvgIpc) is 2.21. The highest BCUT2D eigenvalue weighted by molar-refractivity contribution is 6.30. The van der Waals surface area contributed by atoms with Crippen molar-refractivity contribution in [3.63, 3.8) is 0 Å². The minimum Gasteiger partial charge on any atom is -0.386 e. The number of nitrogens with two attached hydrogens (primary N) is 1. The normalized spacial score (nSPS) is 12.9. The Balaban J connectivity index is 2.72. The van der Waals surface area contributed by atoms with Gasteiger partial charge in [0.2, 0.25) is 0 Å². The predicted molar refractivity (Wildman–Crippen MR) is 62.0 cm³/mol. The van der Waals surface area contributed by atoms with Crippen LogP contribution in [0, 0.1) is 5.41 Å². The molecule has 5 heteroatoms. The first kappa shape index (κ1) is 11.7. The first-order chi connectivity index (χ1) is 7.13. The standard InChI is InChI=1S/C10H13ClN4/c1-2-9(10(12)13)15-14-8-5-3-7(11)4-6-8/h3-6,9H,2H2,1H3,(H3,12,13). The van der Waals surface area contributed by atoms with E-state index in [1.165, 1.54) is 0 Å². The monoisotopic (exact) mass is 224 g/mol. The molecular weight excluding hydrogens is 212 g/mol. The van der Waals surface area contributed by atoms with Crippen molar-refractivity contribution in [2.24, 2.45) is 16.0 Å². The van der Waals surface area contributed by atoms with E-state index in [0.717, 1.165) is 0 Å². The molecule has 0 saturated heterocycles. The highest BCUT2D eigenvalue weighted by atomic mass is 35.5. The molecule has 0 heterocycles. The predicted octanol–water partition coefficient (Wildman–Crippen LogP) is 3.14. The van der Waals surface area contributed by atoms with Gasteiger partial charge in [-0.15, -0.1) is 0 Å². The fraction of sp³-hybridized carbons (Fsp3) is 0.300. The Morgan fingerprint density at radius 3 is 2.53 bits per heavy atom. The number of nitrogens with zero attached hydrogens (tertiary/aromatic N) is 2. The van der Waals surface area contributed by atoms with Gasteiger partial charge in [0.25, 0.3) is 0 Å². The fourth-order valence-electron chi connectivity index (χ4n) is 1.01. The lowest BCUT2D eigenvalue weighted by atomic mass is 10.2. The molecule has 1 rings (SSSR count). The Hall–Kier alpha value is -1.42. The maximum absolute atomic E-state index is 7.25. The SMILES string of the molecule is CCC(N=Nc1ccc(Cl)cc1)C(=N)N. The Labute approximate surface area is 93.7 Å². The lowest BCUT2D eigenvalue weighted by molar-refractivity contribution is 0.765. The number of hydrogen-bond acceptors (Lipinski definition) is 3. The number of nitrogens with one attached hydrogen (secondary N) is 1. The third-order valence-electron chi connectivity index (χ3n) is 1.88. The topological polar surface area (TPSA) is 74.6 Å². The van der Waals surface area contributed by atoms with E-state index in [2.05, 4.69) is 10.2 Å². The van der Waals surface area contributed by atoms with Crippen LogP contribution < -0.4 is 5.73 Å². The maximum atomic E-state index is 7.25. The first-order valence-electron chi connectivity index (χ1n) is 4.63. The zero-order chi connectivity index (χ0) is 11.3. The highest BCUT2D eigenvalue weighted by Gasteiger charge is 2.06. The van der Waals surface area contributed by atoms with Crippen LogP contribution in [0.2, 0.25) is 5.02 Å². The van der Waals surface area contributed by atoms with Gasteiger partial charge in [-0.25, -0.2) is 0 Å². The summed E-state index contributed by atoms with van der Waals surface area (Å²) in [6, 6.07) is 6.67. The van der Waals surface area contributed by atoms with Gasteiger partial charge in [-0.05, 0) is 30.7 Å². The lowest BCUT2D eigenvalue weighted by Crippen LogP contribution is -2.24. The molecule has 0 aliphatic rings. The van der Waals surface area contributed by atoms with Crippen LogP contribution in [0.1, 0.15) is 13.3 Å². The summed E-state index contributed by atoms with van der Waals surface area (Å²) in [7, 11) is 0. The summed E-state index contributed by atoms with van der Waals surface area (Å²) in [5.74, 6) is 0.0372. The molecular formula is C10H13ClN4. The van der Waals surface area contributed by atoms with E-state index in [1.807, 2.05) is 6.92 Å². The second kappa shape index (κ2) is 5.46. The summed E-state index contributed by atoms with van der Waals surface area (Å²) in [6.45, 7) is 1.91. The molecule has 3 N–H and O–H groups in total. The molecule has 0 aromatic heterocycles. The average molecular weight is 225 g/mol. The number of amidine groups is 1. The van der Waals surface area contributed by atoms with Crippen LogP contribution >= 0.6 is 11.6 Å². The molecule has 0 bridgehead atoms. The summed E-state index contributed by atoms with van der Waals surface area (Å²) in [4.78, 5) is 0. The van der Waals surface area contributed by atoms with Crippen LogP contribution in [0.4, 0.5) is 5.69 Å². The molecule has 15 heavy (non-hydrogen) atoms. The van der Waals surface area contributed by atoms with Gasteiger partial charge >= 0.3 is 0 Å². The molecule has 0 aliphatic heterocycles. The maximum Gasteiger partial charge on any atom is 0.127 e. The third-order valence-corrected chi connectivity index (χ3v) is 2.14. The van der Waals surface area contributed by atoms with Crippen molar-refractivity contribution in [2.45, 2.75) is 19.4 Å². The van der Waals surface area contributed by atoms with Gasteiger partial charge in [0, 0.05) is 5.02 Å². The second-order valence-electron chi connectivity index (χ2n) is 3.07. The van der Waals surface area contributed by atoms with Crippen molar-refractivity contribution in [2.75, 3.05) is 0 Å². The van der Waals surface area contributed by atoms with E-state index in [-0.39, 0.29) is 11.9 Å². The fourth-order valence-corrected chi connectivity index (χ4v) is 1.13. The number of azo groups is 1. The molecule has 4 nitrogen and oxygen atoms in total. The number of hydrogen-bond donors (Lipinski definition) is 2. The van der Waals surface area contributed by atoms with Crippen molar-refractivity contribution in [3.05, 3.63) is 29.3 Å². The molecule has 0 fully saturated rings. The first-order valence-corrected chi connectivity index (χ1v) is 5.01. The van der Waals surface area contributed by atoms with Crippen LogP contribution in [0.25, 0.3) is 0 Å². The molecule has 0 saturated carbocycles. The Kier molecular flexibility index (Phi) is 4.24. The zero-order valence-corrected chi connectivity index (χ0v) is 9.20. The Bertz CT molecular complexity index is 358. The van der Waals surface area contributed by atoms with Gasteiger partial charge in [0.05, 0.1) is 5.69 Å². The van der Waals surface area contributed by atoms with Gasteiger partial charge in [0.15, 0.2) is 0 Å².